The molecular weight excluding hydrogens is 375 g/mol. The summed E-state index contributed by atoms with van der Waals surface area (Å²) >= 11 is 0. The van der Waals surface area contributed by atoms with E-state index in [2.05, 4.69) is 15.1 Å². The Kier molecular flexibility index (Phi) is 4.44. The molecule has 5 rings (SSSR count). The van der Waals surface area contributed by atoms with Crippen molar-refractivity contribution in [1.82, 2.24) is 20.0 Å². The quantitative estimate of drug-likeness (QED) is 0.710. The van der Waals surface area contributed by atoms with Gasteiger partial charge in [0.1, 0.15) is 11.6 Å². The molecular formula is C21H21FN4O3. The second-order valence-corrected chi connectivity index (χ2v) is 7.53. The number of carbonyl (C=O) groups is 1. The molecule has 0 unspecified atom stereocenters. The lowest BCUT2D eigenvalue weighted by Crippen LogP contribution is -2.62. The van der Waals surface area contributed by atoms with Gasteiger partial charge < -0.3 is 14.7 Å². The lowest BCUT2D eigenvalue weighted by atomic mass is 9.97. The maximum atomic E-state index is 14.4. The fourth-order valence-corrected chi connectivity index (χ4v) is 4.09. The van der Waals surface area contributed by atoms with E-state index in [9.17, 15) is 14.3 Å². The molecule has 0 bridgehead atoms. The van der Waals surface area contributed by atoms with E-state index in [-0.39, 0.29) is 11.7 Å². The fourth-order valence-electron chi connectivity index (χ4n) is 4.09. The van der Waals surface area contributed by atoms with Crippen LogP contribution in [0.1, 0.15) is 10.4 Å². The third kappa shape index (κ3) is 3.24. The molecule has 0 radical (unpaired) electrons. The number of H-pyrrole nitrogens is 1. The molecule has 2 aliphatic rings. The van der Waals surface area contributed by atoms with Crippen LogP contribution in [0.2, 0.25) is 0 Å². The number of carbonyl (C=O) groups excluding carboxylic acids is 1. The van der Waals surface area contributed by atoms with Crippen LogP contribution >= 0.6 is 0 Å². The molecule has 3 aromatic rings. The summed E-state index contributed by atoms with van der Waals surface area (Å²) in [4.78, 5) is 17.4. The first-order valence-electron chi connectivity index (χ1n) is 9.67. The van der Waals surface area contributed by atoms with E-state index >= 15 is 0 Å². The van der Waals surface area contributed by atoms with Gasteiger partial charge in [-0.3, -0.25) is 14.8 Å². The Labute approximate surface area is 166 Å². The van der Waals surface area contributed by atoms with Gasteiger partial charge in [-0.05, 0) is 29.8 Å². The molecule has 2 saturated heterocycles. The number of phenols is 1. The molecule has 150 valence electrons. The average molecular weight is 396 g/mol. The van der Waals surface area contributed by atoms with Crippen LogP contribution in [0.4, 0.5) is 4.39 Å². The van der Waals surface area contributed by atoms with E-state index in [1.807, 2.05) is 4.90 Å². The highest BCUT2D eigenvalue weighted by molar-refractivity contribution is 6.08. The summed E-state index contributed by atoms with van der Waals surface area (Å²) in [6.45, 7) is 4.62. The van der Waals surface area contributed by atoms with Gasteiger partial charge in [0.05, 0.1) is 30.5 Å². The number of aromatic hydroxyl groups is 1. The van der Waals surface area contributed by atoms with E-state index in [0.717, 1.165) is 32.4 Å². The van der Waals surface area contributed by atoms with Gasteiger partial charge in [0.2, 0.25) is 0 Å². The SMILES string of the molecule is O=C(c1cc(-c2ccc(O)cc2F)cc2[nH]ncc12)N1CC(N2CCOCC2)C1. The topological polar surface area (TPSA) is 81.7 Å². The lowest BCUT2D eigenvalue weighted by molar-refractivity contribution is -0.0255. The summed E-state index contributed by atoms with van der Waals surface area (Å²) in [5.41, 5.74) is 2.05. The van der Waals surface area contributed by atoms with Gasteiger partial charge in [-0.25, -0.2) is 4.39 Å². The second-order valence-electron chi connectivity index (χ2n) is 7.53. The zero-order chi connectivity index (χ0) is 20.0. The normalized spacial score (nSPS) is 18.2. The van der Waals surface area contributed by atoms with Gasteiger partial charge in [0, 0.05) is 49.2 Å². The van der Waals surface area contributed by atoms with Crippen LogP contribution in [-0.2, 0) is 4.74 Å². The summed E-state index contributed by atoms with van der Waals surface area (Å²) in [5, 5.41) is 17.1. The van der Waals surface area contributed by atoms with Crippen molar-refractivity contribution >= 4 is 16.8 Å². The number of hydrogen-bond acceptors (Lipinski definition) is 5. The Morgan fingerprint density at radius 2 is 2.00 bits per heavy atom. The Morgan fingerprint density at radius 3 is 2.76 bits per heavy atom. The maximum Gasteiger partial charge on any atom is 0.254 e. The van der Waals surface area contributed by atoms with Crippen molar-refractivity contribution in [1.29, 1.82) is 0 Å². The number of fused-ring (bicyclic) bond motifs is 1. The number of nitrogens with zero attached hydrogens (tertiary/aromatic N) is 3. The first-order valence-corrected chi connectivity index (χ1v) is 9.67. The molecule has 0 atom stereocenters. The van der Waals surface area contributed by atoms with Gasteiger partial charge in [-0.2, -0.15) is 5.10 Å². The molecule has 7 nitrogen and oxygen atoms in total. The minimum absolute atomic E-state index is 0.0815. The van der Waals surface area contributed by atoms with Crippen molar-refractivity contribution in [3.05, 3.63) is 47.9 Å². The van der Waals surface area contributed by atoms with Crippen molar-refractivity contribution < 1.29 is 19.0 Å². The van der Waals surface area contributed by atoms with E-state index in [4.69, 9.17) is 4.74 Å². The van der Waals surface area contributed by atoms with Crippen molar-refractivity contribution in [2.45, 2.75) is 6.04 Å². The molecule has 3 heterocycles. The van der Waals surface area contributed by atoms with Crippen molar-refractivity contribution in [3.63, 3.8) is 0 Å². The fraction of sp³-hybridized carbons (Fsp3) is 0.333. The van der Waals surface area contributed by atoms with Gasteiger partial charge >= 0.3 is 0 Å². The largest absolute Gasteiger partial charge is 0.508 e. The zero-order valence-corrected chi connectivity index (χ0v) is 15.8. The van der Waals surface area contributed by atoms with Gasteiger partial charge in [0.25, 0.3) is 5.91 Å². The molecule has 8 heteroatoms. The predicted octanol–water partition coefficient (Wildman–Crippen LogP) is 2.23. The van der Waals surface area contributed by atoms with E-state index in [1.165, 1.54) is 12.1 Å². The minimum Gasteiger partial charge on any atom is -0.508 e. The number of aromatic amines is 1. The van der Waals surface area contributed by atoms with E-state index in [1.54, 1.807) is 18.3 Å². The zero-order valence-electron chi connectivity index (χ0n) is 15.8. The predicted molar refractivity (Wildman–Crippen MR) is 105 cm³/mol. The Morgan fingerprint density at radius 1 is 1.21 bits per heavy atom. The van der Waals surface area contributed by atoms with Crippen molar-refractivity contribution in [2.75, 3.05) is 39.4 Å². The Balaban J connectivity index is 1.44. The number of aromatic nitrogens is 2. The number of hydrogen-bond donors (Lipinski definition) is 2. The Bertz CT molecular complexity index is 1070. The maximum absolute atomic E-state index is 14.4. The highest BCUT2D eigenvalue weighted by Crippen LogP contribution is 2.31. The number of benzene rings is 2. The van der Waals surface area contributed by atoms with Gasteiger partial charge in [-0.1, -0.05) is 0 Å². The molecule has 29 heavy (non-hydrogen) atoms. The Hall–Kier alpha value is -2.97. The van der Waals surface area contributed by atoms with E-state index in [0.29, 0.717) is 46.7 Å². The monoisotopic (exact) mass is 396 g/mol. The second kappa shape index (κ2) is 7.13. The number of rotatable bonds is 3. The molecule has 2 aliphatic heterocycles. The van der Waals surface area contributed by atoms with Crippen LogP contribution in [0.25, 0.3) is 22.0 Å². The molecule has 1 amide bonds. The summed E-state index contributed by atoms with van der Waals surface area (Å²) in [7, 11) is 0. The number of halogens is 1. The third-order valence-corrected chi connectivity index (χ3v) is 5.76. The first-order chi connectivity index (χ1) is 14.1. The average Bonchev–Trinajstić information content (AvgIpc) is 3.15. The summed E-state index contributed by atoms with van der Waals surface area (Å²) in [6, 6.07) is 7.84. The number of phenolic OH excluding ortho intramolecular Hbond substituents is 1. The van der Waals surface area contributed by atoms with Crippen molar-refractivity contribution in [2.24, 2.45) is 0 Å². The number of amides is 1. The summed E-state index contributed by atoms with van der Waals surface area (Å²) < 4.78 is 19.8. The highest BCUT2D eigenvalue weighted by atomic mass is 19.1. The van der Waals surface area contributed by atoms with Crippen molar-refractivity contribution in [3.8, 4) is 16.9 Å². The molecule has 1 aromatic heterocycles. The standard InChI is InChI=1S/C21H21FN4O3/c22-19-9-15(27)1-2-16(19)13-7-17(18-10-23-24-20(18)8-13)21(28)26-11-14(12-26)25-3-5-29-6-4-25/h1-2,7-10,14,27H,3-6,11-12H2,(H,23,24). The van der Waals surface area contributed by atoms with Gasteiger partial charge in [0.15, 0.2) is 0 Å². The van der Waals surface area contributed by atoms with Crippen LogP contribution in [0, 0.1) is 5.82 Å². The smallest absolute Gasteiger partial charge is 0.254 e. The highest BCUT2D eigenvalue weighted by Gasteiger charge is 2.36. The molecule has 0 aliphatic carbocycles. The number of ether oxygens (including phenoxy) is 1. The van der Waals surface area contributed by atoms with Crippen LogP contribution in [0.15, 0.2) is 36.5 Å². The summed E-state index contributed by atoms with van der Waals surface area (Å²) in [5.74, 6) is -0.763. The first kappa shape index (κ1) is 18.1. The van der Waals surface area contributed by atoms with Crippen LogP contribution < -0.4 is 0 Å². The van der Waals surface area contributed by atoms with Gasteiger partial charge in [-0.15, -0.1) is 0 Å². The number of morpholine rings is 1. The third-order valence-electron chi connectivity index (χ3n) is 5.76. The van der Waals surface area contributed by atoms with Crippen LogP contribution in [-0.4, -0.2) is 76.4 Å². The molecule has 2 fully saturated rings. The molecule has 2 N–H and O–H groups in total. The molecule has 0 spiro atoms. The lowest BCUT2D eigenvalue weighted by Gasteiger charge is -2.46. The molecule has 2 aromatic carbocycles. The number of nitrogens with one attached hydrogen (secondary N) is 1. The molecule has 0 saturated carbocycles. The van der Waals surface area contributed by atoms with Crippen LogP contribution in [0.5, 0.6) is 5.75 Å². The van der Waals surface area contributed by atoms with E-state index < -0.39 is 5.82 Å². The minimum atomic E-state index is -0.543. The van der Waals surface area contributed by atoms with Crippen LogP contribution in [0.3, 0.4) is 0 Å². The number of likely N-dealkylation sites (tertiary alicyclic amines) is 1. The summed E-state index contributed by atoms with van der Waals surface area (Å²) in [6.07, 6.45) is 1.62.